The average Bonchev–Trinajstić information content (AvgIpc) is 4.07. The fourth-order valence-corrected chi connectivity index (χ4v) is 11.4. The van der Waals surface area contributed by atoms with Gasteiger partial charge in [0.15, 0.2) is 5.84 Å². The zero-order valence-electron chi connectivity index (χ0n) is 38.1. The van der Waals surface area contributed by atoms with E-state index in [4.69, 9.17) is 18.8 Å². The second kappa shape index (κ2) is 15.0. The maximum atomic E-state index is 7.05. The van der Waals surface area contributed by atoms with E-state index in [9.17, 15) is 0 Å². The van der Waals surface area contributed by atoms with E-state index < -0.39 is 0 Å². The molecule has 1 unspecified atom stereocenters. The summed E-state index contributed by atoms with van der Waals surface area (Å²) in [4.78, 5) is 11.5. The number of furan rings is 2. The van der Waals surface area contributed by atoms with Crippen molar-refractivity contribution in [3.8, 4) is 5.69 Å². The van der Waals surface area contributed by atoms with Crippen LogP contribution in [0, 0.1) is 5.92 Å². The number of benzene rings is 11. The molecule has 14 aromatic rings. The van der Waals surface area contributed by atoms with Crippen molar-refractivity contribution in [2.75, 3.05) is 0 Å². The molecule has 15 rings (SSSR count). The number of aliphatic imine (C=N–C) groups is 2. The van der Waals surface area contributed by atoms with Crippen LogP contribution in [0.15, 0.2) is 231 Å². The van der Waals surface area contributed by atoms with Crippen LogP contribution in [0.4, 0.5) is 0 Å². The summed E-state index contributed by atoms with van der Waals surface area (Å²) in [6.45, 7) is 2.30. The summed E-state index contributed by atoms with van der Waals surface area (Å²) in [6.07, 6.45) is 3.01. The SMILES string of the molecule is CC1C/C=C(\c2cccc3ccccc23)N=C(c2cccc3c2oc2ccccc23)N=C1c1cc2oc3c4ccccc4ccc3c2cc1-n1c2cc3ccccc3cc2c2cc3ccccc3cc21. The minimum atomic E-state index is -0.0542. The Morgan fingerprint density at radius 1 is 0.400 bits per heavy atom. The monoisotopic (exact) mass is 895 g/mol. The number of aromatic nitrogens is 1. The Balaban J connectivity index is 1.07. The van der Waals surface area contributed by atoms with Crippen LogP contribution >= 0.6 is 0 Å². The van der Waals surface area contributed by atoms with Crippen LogP contribution in [-0.4, -0.2) is 16.1 Å². The molecule has 5 nitrogen and oxygen atoms in total. The molecule has 0 fully saturated rings. The zero-order valence-corrected chi connectivity index (χ0v) is 38.1. The summed E-state index contributed by atoms with van der Waals surface area (Å²) >= 11 is 0. The van der Waals surface area contributed by atoms with Crippen LogP contribution in [0.2, 0.25) is 0 Å². The minimum Gasteiger partial charge on any atom is -0.455 e. The minimum absolute atomic E-state index is 0.0542. The van der Waals surface area contributed by atoms with Gasteiger partial charge in [0.2, 0.25) is 0 Å². The smallest absolute Gasteiger partial charge is 0.163 e. The van der Waals surface area contributed by atoms with Crippen LogP contribution in [0.5, 0.6) is 0 Å². The predicted molar refractivity (Wildman–Crippen MR) is 293 cm³/mol. The molecule has 328 valence electrons. The van der Waals surface area contributed by atoms with Crippen LogP contribution in [0.1, 0.15) is 30.0 Å². The number of amidine groups is 1. The van der Waals surface area contributed by atoms with Crippen molar-refractivity contribution in [1.29, 1.82) is 0 Å². The van der Waals surface area contributed by atoms with Gasteiger partial charge >= 0.3 is 0 Å². The average molecular weight is 896 g/mol. The van der Waals surface area contributed by atoms with E-state index in [-0.39, 0.29) is 5.92 Å². The molecule has 5 heteroatoms. The summed E-state index contributed by atoms with van der Waals surface area (Å²) in [5, 5.41) is 15.9. The van der Waals surface area contributed by atoms with Crippen LogP contribution in [0.25, 0.3) is 120 Å². The third kappa shape index (κ3) is 5.85. The highest BCUT2D eigenvalue weighted by Crippen LogP contribution is 2.43. The largest absolute Gasteiger partial charge is 0.455 e. The van der Waals surface area contributed by atoms with E-state index in [0.717, 1.165) is 105 Å². The highest BCUT2D eigenvalue weighted by molar-refractivity contribution is 6.24. The molecule has 0 bridgehead atoms. The third-order valence-corrected chi connectivity index (χ3v) is 14.8. The van der Waals surface area contributed by atoms with Gasteiger partial charge in [-0.2, -0.15) is 0 Å². The number of fused-ring (bicyclic) bond motifs is 14. The lowest BCUT2D eigenvalue weighted by Crippen LogP contribution is -2.19. The van der Waals surface area contributed by atoms with Gasteiger partial charge in [-0.15, -0.1) is 0 Å². The summed E-state index contributed by atoms with van der Waals surface area (Å²) in [5.74, 6) is 0.535. The first-order valence-electron chi connectivity index (χ1n) is 24.1. The van der Waals surface area contributed by atoms with E-state index in [2.05, 4.69) is 212 Å². The number of allylic oxidation sites excluding steroid dienone is 1. The normalized spacial score (nSPS) is 15.4. The first-order chi connectivity index (χ1) is 34.6. The quantitative estimate of drug-likeness (QED) is 0.177. The van der Waals surface area contributed by atoms with E-state index in [0.29, 0.717) is 12.3 Å². The van der Waals surface area contributed by atoms with Gasteiger partial charge in [-0.05, 0) is 98.7 Å². The molecule has 11 aromatic carbocycles. The molecule has 70 heavy (non-hydrogen) atoms. The number of hydrogen-bond acceptors (Lipinski definition) is 4. The molecule has 4 heterocycles. The van der Waals surface area contributed by atoms with E-state index in [1.54, 1.807) is 0 Å². The number of nitrogens with zero attached hydrogens (tertiary/aromatic N) is 3. The lowest BCUT2D eigenvalue weighted by molar-refractivity contribution is 0.668. The Morgan fingerprint density at radius 3 is 1.70 bits per heavy atom. The van der Waals surface area contributed by atoms with Gasteiger partial charge < -0.3 is 13.4 Å². The van der Waals surface area contributed by atoms with Gasteiger partial charge in [0.25, 0.3) is 0 Å². The maximum Gasteiger partial charge on any atom is 0.163 e. The Kier molecular flexibility index (Phi) is 8.34. The molecule has 0 amide bonds. The predicted octanol–water partition coefficient (Wildman–Crippen LogP) is 17.5. The molecule has 3 aromatic heterocycles. The lowest BCUT2D eigenvalue weighted by atomic mass is 9.91. The van der Waals surface area contributed by atoms with E-state index in [1.807, 2.05) is 12.1 Å². The molecule has 0 spiro atoms. The molecule has 1 aliphatic heterocycles. The van der Waals surface area contributed by atoms with Gasteiger partial charge in [0.1, 0.15) is 22.3 Å². The summed E-state index contributed by atoms with van der Waals surface area (Å²) in [6, 6.07) is 74.0. The standard InChI is InChI=1S/C65H41N3O2/c1-38-28-31-56(47-24-12-20-39-14-6-8-21-45(39)47)66-65(51-26-13-25-49-48-23-10-11-27-60(48)69-64(49)51)67-62(38)55-37-61-54(50-30-29-40-15-7-9-22-46(40)63(50)70-61)36-59(55)68-57-34-43-18-4-2-16-41(43)32-52(57)53-33-42-17-3-5-19-44(42)35-58(53)68/h2-27,29-38H,28H2,1H3/b56-31+,66-65?,67-62?. The lowest BCUT2D eigenvalue weighted by Gasteiger charge is -2.22. The van der Waals surface area contributed by atoms with Crippen molar-refractivity contribution in [2.24, 2.45) is 15.9 Å². The van der Waals surface area contributed by atoms with Crippen molar-refractivity contribution in [3.05, 3.63) is 229 Å². The molecule has 0 N–H and O–H groups in total. The van der Waals surface area contributed by atoms with E-state index in [1.165, 1.54) is 37.7 Å². The van der Waals surface area contributed by atoms with Crippen molar-refractivity contribution in [2.45, 2.75) is 13.3 Å². The Morgan fingerprint density at radius 2 is 0.957 bits per heavy atom. The fraction of sp³-hybridized carbons (Fsp3) is 0.0462. The zero-order chi connectivity index (χ0) is 46.0. The number of para-hydroxylation sites is 2. The molecular formula is C65H41N3O2. The van der Waals surface area contributed by atoms with Gasteiger partial charge in [-0.25, -0.2) is 9.98 Å². The van der Waals surface area contributed by atoms with Crippen LogP contribution in [-0.2, 0) is 0 Å². The molecule has 0 aliphatic carbocycles. The highest BCUT2D eigenvalue weighted by Gasteiger charge is 2.27. The van der Waals surface area contributed by atoms with Crippen LogP contribution in [0.3, 0.4) is 0 Å². The molecule has 1 aliphatic rings. The highest BCUT2D eigenvalue weighted by atomic mass is 16.3. The van der Waals surface area contributed by atoms with Crippen molar-refractivity contribution in [3.63, 3.8) is 0 Å². The number of rotatable bonds is 4. The Hall–Kier alpha value is -9.06. The van der Waals surface area contributed by atoms with Crippen LogP contribution < -0.4 is 0 Å². The first-order valence-corrected chi connectivity index (χ1v) is 24.1. The fourth-order valence-electron chi connectivity index (χ4n) is 11.4. The van der Waals surface area contributed by atoms with Crippen molar-refractivity contribution in [1.82, 2.24) is 4.57 Å². The second-order valence-corrected chi connectivity index (χ2v) is 18.9. The maximum absolute atomic E-state index is 7.05. The van der Waals surface area contributed by atoms with Crippen molar-refractivity contribution < 1.29 is 8.83 Å². The Labute approximate surface area is 401 Å². The summed E-state index contributed by atoms with van der Waals surface area (Å²) < 4.78 is 16.3. The molecular weight excluding hydrogens is 855 g/mol. The summed E-state index contributed by atoms with van der Waals surface area (Å²) in [7, 11) is 0. The van der Waals surface area contributed by atoms with Gasteiger partial charge in [0, 0.05) is 54.7 Å². The third-order valence-electron chi connectivity index (χ3n) is 14.8. The molecule has 1 atom stereocenters. The van der Waals surface area contributed by atoms with Gasteiger partial charge in [0.05, 0.1) is 33.7 Å². The Bertz CT molecular complexity index is 4550. The molecule has 0 radical (unpaired) electrons. The first kappa shape index (κ1) is 39.0. The second-order valence-electron chi connectivity index (χ2n) is 18.9. The van der Waals surface area contributed by atoms with Crippen molar-refractivity contribution >= 4 is 126 Å². The van der Waals surface area contributed by atoms with E-state index >= 15 is 0 Å². The van der Waals surface area contributed by atoms with Gasteiger partial charge in [-0.1, -0.05) is 165 Å². The summed E-state index contributed by atoms with van der Waals surface area (Å²) in [5.41, 5.74) is 11.2. The topological polar surface area (TPSA) is 55.9 Å². The van der Waals surface area contributed by atoms with Gasteiger partial charge in [-0.3, -0.25) is 0 Å². The molecule has 0 saturated carbocycles. The molecule has 0 saturated heterocycles. The number of hydrogen-bond donors (Lipinski definition) is 0.